The summed E-state index contributed by atoms with van der Waals surface area (Å²) in [4.78, 5) is 13.2. The van der Waals surface area contributed by atoms with Crippen molar-refractivity contribution in [2.75, 3.05) is 5.32 Å². The maximum atomic E-state index is 13.6. The van der Waals surface area contributed by atoms with E-state index in [1.165, 1.54) is 11.3 Å². The Bertz CT molecular complexity index is 792. The van der Waals surface area contributed by atoms with Gasteiger partial charge in [-0.3, -0.25) is 4.79 Å². The lowest BCUT2D eigenvalue weighted by Gasteiger charge is -2.09. The molecule has 1 aromatic carbocycles. The molecular weight excluding hydrogens is 306 g/mol. The second-order valence-electron chi connectivity index (χ2n) is 5.11. The average Bonchev–Trinajstić information content (AvgIpc) is 2.86. The molecule has 22 heavy (non-hydrogen) atoms. The lowest BCUT2D eigenvalue weighted by atomic mass is 9.96. The Balaban J connectivity index is 1.93. The van der Waals surface area contributed by atoms with Gasteiger partial charge in [-0.05, 0) is 49.4 Å². The third kappa shape index (κ3) is 2.60. The molecule has 0 radical (unpaired) electrons. The third-order valence-corrected chi connectivity index (χ3v) is 4.89. The molecule has 0 aliphatic heterocycles. The molecule has 0 atom stereocenters. The number of halogens is 2. The number of fused-ring (bicyclic) bond motifs is 1. The van der Waals surface area contributed by atoms with Gasteiger partial charge in [0.1, 0.15) is 22.7 Å². The lowest BCUT2D eigenvalue weighted by Crippen LogP contribution is -2.14. The van der Waals surface area contributed by atoms with E-state index in [0.29, 0.717) is 10.6 Å². The maximum Gasteiger partial charge on any atom is 0.259 e. The Morgan fingerprint density at radius 3 is 2.82 bits per heavy atom. The molecule has 1 heterocycles. The summed E-state index contributed by atoms with van der Waals surface area (Å²) in [5, 5.41) is 12.3. The minimum atomic E-state index is -0.793. The molecular formula is C16H12F2N2OS. The summed E-state index contributed by atoms with van der Waals surface area (Å²) < 4.78 is 26.8. The van der Waals surface area contributed by atoms with Crippen LogP contribution in [-0.2, 0) is 12.8 Å². The van der Waals surface area contributed by atoms with Crippen molar-refractivity contribution in [1.82, 2.24) is 0 Å². The van der Waals surface area contributed by atoms with Crippen molar-refractivity contribution in [3.63, 3.8) is 0 Å². The smallest absolute Gasteiger partial charge is 0.259 e. The molecule has 1 aliphatic rings. The van der Waals surface area contributed by atoms with Crippen LogP contribution in [0.3, 0.4) is 0 Å². The first kappa shape index (κ1) is 14.7. The van der Waals surface area contributed by atoms with Crippen molar-refractivity contribution in [2.45, 2.75) is 25.7 Å². The van der Waals surface area contributed by atoms with E-state index in [2.05, 4.69) is 11.4 Å². The molecule has 0 saturated carbocycles. The van der Waals surface area contributed by atoms with Gasteiger partial charge in [-0.15, -0.1) is 11.3 Å². The molecule has 6 heteroatoms. The zero-order valence-electron chi connectivity index (χ0n) is 11.6. The van der Waals surface area contributed by atoms with E-state index >= 15 is 0 Å². The molecule has 1 aliphatic carbocycles. The first-order valence-electron chi connectivity index (χ1n) is 6.91. The zero-order chi connectivity index (χ0) is 15.7. The van der Waals surface area contributed by atoms with Crippen molar-refractivity contribution >= 4 is 22.2 Å². The maximum absolute atomic E-state index is 13.6. The van der Waals surface area contributed by atoms with E-state index in [0.717, 1.165) is 54.3 Å². The highest BCUT2D eigenvalue weighted by molar-refractivity contribution is 7.16. The summed E-state index contributed by atoms with van der Waals surface area (Å²) >= 11 is 1.35. The summed E-state index contributed by atoms with van der Waals surface area (Å²) in [6, 6.07) is 4.83. The Kier molecular flexibility index (Phi) is 3.90. The van der Waals surface area contributed by atoms with Crippen molar-refractivity contribution in [3.8, 4) is 6.07 Å². The van der Waals surface area contributed by atoms with Gasteiger partial charge in [-0.1, -0.05) is 0 Å². The van der Waals surface area contributed by atoms with Gasteiger partial charge in [0.05, 0.1) is 11.1 Å². The molecule has 112 valence electrons. The van der Waals surface area contributed by atoms with Crippen LogP contribution in [0.5, 0.6) is 0 Å². The summed E-state index contributed by atoms with van der Waals surface area (Å²) in [7, 11) is 0. The van der Waals surface area contributed by atoms with E-state index in [4.69, 9.17) is 0 Å². The fraction of sp³-hybridized carbons (Fsp3) is 0.250. The van der Waals surface area contributed by atoms with Gasteiger partial charge in [-0.25, -0.2) is 8.78 Å². The molecule has 0 spiro atoms. The van der Waals surface area contributed by atoms with Crippen molar-refractivity contribution in [2.24, 2.45) is 0 Å². The fourth-order valence-electron chi connectivity index (χ4n) is 2.61. The molecule has 3 nitrogen and oxygen atoms in total. The summed E-state index contributed by atoms with van der Waals surface area (Å²) in [5.74, 6) is -2.22. The van der Waals surface area contributed by atoms with Gasteiger partial charge in [0.2, 0.25) is 0 Å². The highest BCUT2D eigenvalue weighted by atomic mass is 32.1. The Morgan fingerprint density at radius 2 is 2.05 bits per heavy atom. The van der Waals surface area contributed by atoms with Crippen LogP contribution in [0.25, 0.3) is 0 Å². The molecule has 1 N–H and O–H groups in total. The van der Waals surface area contributed by atoms with Crippen molar-refractivity contribution < 1.29 is 13.6 Å². The minimum Gasteiger partial charge on any atom is -0.312 e. The number of rotatable bonds is 2. The normalized spacial score (nSPS) is 13.3. The van der Waals surface area contributed by atoms with E-state index in [1.807, 2.05) is 0 Å². The molecule has 1 aromatic heterocycles. The molecule has 0 saturated heterocycles. The largest absolute Gasteiger partial charge is 0.312 e. The number of nitrogens with zero attached hydrogens (tertiary/aromatic N) is 1. The predicted molar refractivity (Wildman–Crippen MR) is 80.0 cm³/mol. The van der Waals surface area contributed by atoms with Crippen molar-refractivity contribution in [1.29, 1.82) is 5.26 Å². The molecule has 0 bridgehead atoms. The van der Waals surface area contributed by atoms with E-state index in [9.17, 15) is 18.8 Å². The summed E-state index contributed by atoms with van der Waals surface area (Å²) in [5.41, 5.74) is 1.06. The number of carbonyl (C=O) groups excluding carboxylic acids is 1. The van der Waals surface area contributed by atoms with Crippen LogP contribution in [0.4, 0.5) is 13.8 Å². The van der Waals surface area contributed by atoms with E-state index in [-0.39, 0.29) is 5.56 Å². The number of aryl methyl sites for hydroxylation is 1. The SMILES string of the molecule is N#Cc1c(NC(=O)c2cc(F)ccc2F)sc2c1CCCC2. The monoisotopic (exact) mass is 318 g/mol. The second-order valence-corrected chi connectivity index (χ2v) is 6.21. The predicted octanol–water partition coefficient (Wildman–Crippen LogP) is 4.03. The third-order valence-electron chi connectivity index (χ3n) is 3.68. The summed E-state index contributed by atoms with van der Waals surface area (Å²) in [6.45, 7) is 0. The van der Waals surface area contributed by atoms with Gasteiger partial charge in [0, 0.05) is 4.88 Å². The van der Waals surface area contributed by atoms with Crippen LogP contribution in [-0.4, -0.2) is 5.91 Å². The topological polar surface area (TPSA) is 52.9 Å². The van der Waals surface area contributed by atoms with Crippen molar-refractivity contribution in [3.05, 3.63) is 51.4 Å². The number of hydrogen-bond acceptors (Lipinski definition) is 3. The molecule has 1 amide bonds. The zero-order valence-corrected chi connectivity index (χ0v) is 12.4. The van der Waals surface area contributed by atoms with Crippen LogP contribution < -0.4 is 5.32 Å². The quantitative estimate of drug-likeness (QED) is 0.909. The van der Waals surface area contributed by atoms with Crippen LogP contribution >= 0.6 is 11.3 Å². The standard InChI is InChI=1S/C16H12F2N2OS/c17-9-5-6-13(18)11(7-9)15(21)20-16-12(8-19)10-3-1-2-4-14(10)22-16/h5-7H,1-4H2,(H,20,21). The Hall–Kier alpha value is -2.26. The number of anilines is 1. The van der Waals surface area contributed by atoms with Crippen LogP contribution in [0.2, 0.25) is 0 Å². The lowest BCUT2D eigenvalue weighted by molar-refractivity contribution is 0.102. The second kappa shape index (κ2) is 5.85. The number of nitrogens with one attached hydrogen (secondary N) is 1. The van der Waals surface area contributed by atoms with Gasteiger partial charge in [0.15, 0.2) is 0 Å². The number of nitriles is 1. The fourth-order valence-corrected chi connectivity index (χ4v) is 3.85. The average molecular weight is 318 g/mol. The molecule has 0 fully saturated rings. The molecule has 0 unspecified atom stereocenters. The number of amides is 1. The van der Waals surface area contributed by atoms with Crippen LogP contribution in [0.15, 0.2) is 18.2 Å². The van der Waals surface area contributed by atoms with Gasteiger partial charge in [0.25, 0.3) is 5.91 Å². The highest BCUT2D eigenvalue weighted by Gasteiger charge is 2.23. The number of benzene rings is 1. The van der Waals surface area contributed by atoms with Gasteiger partial charge < -0.3 is 5.32 Å². The van der Waals surface area contributed by atoms with Crippen LogP contribution in [0.1, 0.15) is 39.2 Å². The first-order chi connectivity index (χ1) is 10.6. The van der Waals surface area contributed by atoms with E-state index < -0.39 is 17.5 Å². The molecule has 3 rings (SSSR count). The minimum absolute atomic E-state index is 0.365. The Morgan fingerprint density at radius 1 is 1.27 bits per heavy atom. The van der Waals surface area contributed by atoms with Gasteiger partial charge in [-0.2, -0.15) is 5.26 Å². The van der Waals surface area contributed by atoms with E-state index in [1.54, 1.807) is 0 Å². The first-order valence-corrected chi connectivity index (χ1v) is 7.73. The Labute approximate surface area is 130 Å². The van der Waals surface area contributed by atoms with Crippen LogP contribution in [0, 0.1) is 23.0 Å². The number of thiophene rings is 1. The van der Waals surface area contributed by atoms with Gasteiger partial charge >= 0.3 is 0 Å². The summed E-state index contributed by atoms with van der Waals surface area (Å²) in [6.07, 6.45) is 3.78. The number of carbonyl (C=O) groups is 1. The number of hydrogen-bond donors (Lipinski definition) is 1. The molecule has 2 aromatic rings. The highest BCUT2D eigenvalue weighted by Crippen LogP contribution is 2.37.